The molecular formula is C13H17Cl2FN2O. The van der Waals surface area contributed by atoms with Gasteiger partial charge in [0.2, 0.25) is 5.91 Å². The molecule has 0 radical (unpaired) electrons. The van der Waals surface area contributed by atoms with Crippen molar-refractivity contribution in [3.8, 4) is 0 Å². The van der Waals surface area contributed by atoms with Crippen molar-refractivity contribution in [1.29, 1.82) is 0 Å². The van der Waals surface area contributed by atoms with Gasteiger partial charge in [-0.25, -0.2) is 4.39 Å². The summed E-state index contributed by atoms with van der Waals surface area (Å²) in [5.74, 6) is -0.678. The van der Waals surface area contributed by atoms with Crippen molar-refractivity contribution in [2.75, 3.05) is 5.32 Å². The zero-order valence-corrected chi connectivity index (χ0v) is 12.6. The summed E-state index contributed by atoms with van der Waals surface area (Å²) in [5.41, 5.74) is 0.358. The Morgan fingerprint density at radius 1 is 1.32 bits per heavy atom. The first kappa shape index (κ1) is 16.1. The Kier molecular flexibility index (Phi) is 5.88. The average Bonchev–Trinajstić information content (AvgIpc) is 2.32. The molecule has 2 unspecified atom stereocenters. The molecule has 1 aromatic rings. The summed E-state index contributed by atoms with van der Waals surface area (Å²) in [5, 5.41) is 6.02. The number of carbonyl (C=O) groups excluding carboxylic acids is 1. The number of benzene rings is 1. The quantitative estimate of drug-likeness (QED) is 0.867. The Bertz CT molecular complexity index is 445. The summed E-state index contributed by atoms with van der Waals surface area (Å²) in [6.45, 7) is 5.59. The normalized spacial score (nSPS) is 13.8. The Morgan fingerprint density at radius 2 is 1.84 bits per heavy atom. The lowest BCUT2D eigenvalue weighted by Gasteiger charge is -2.19. The van der Waals surface area contributed by atoms with Gasteiger partial charge in [0.1, 0.15) is 11.9 Å². The van der Waals surface area contributed by atoms with E-state index in [0.29, 0.717) is 5.69 Å². The molecule has 1 aromatic carbocycles. The van der Waals surface area contributed by atoms with Gasteiger partial charge in [-0.2, -0.15) is 0 Å². The van der Waals surface area contributed by atoms with Gasteiger partial charge in [-0.05, 0) is 32.4 Å². The van der Waals surface area contributed by atoms with Crippen LogP contribution in [0.3, 0.4) is 0 Å². The van der Waals surface area contributed by atoms with Gasteiger partial charge < -0.3 is 10.6 Å². The van der Waals surface area contributed by atoms with Crippen molar-refractivity contribution >= 4 is 34.8 Å². The molecule has 19 heavy (non-hydrogen) atoms. The molecule has 0 fully saturated rings. The molecular weight excluding hydrogens is 290 g/mol. The fourth-order valence-corrected chi connectivity index (χ4v) is 2.00. The van der Waals surface area contributed by atoms with Crippen molar-refractivity contribution in [2.45, 2.75) is 39.3 Å². The first-order valence-corrected chi connectivity index (χ1v) is 6.82. The SMILES string of the molecule is CCC(C)NC(=O)C(C)Nc1c(Cl)cc(F)cc1Cl. The van der Waals surface area contributed by atoms with E-state index in [2.05, 4.69) is 10.6 Å². The molecule has 2 N–H and O–H groups in total. The van der Waals surface area contributed by atoms with Gasteiger partial charge in [0.15, 0.2) is 0 Å². The summed E-state index contributed by atoms with van der Waals surface area (Å²) in [6, 6.07) is 1.87. The molecule has 0 heterocycles. The highest BCUT2D eigenvalue weighted by Crippen LogP contribution is 2.31. The molecule has 0 aliphatic heterocycles. The molecule has 0 spiro atoms. The molecule has 3 nitrogen and oxygen atoms in total. The van der Waals surface area contributed by atoms with Gasteiger partial charge in [-0.15, -0.1) is 0 Å². The van der Waals surface area contributed by atoms with Gasteiger partial charge in [-0.1, -0.05) is 30.1 Å². The smallest absolute Gasteiger partial charge is 0.242 e. The third kappa shape index (κ3) is 4.55. The molecule has 0 aliphatic rings. The lowest BCUT2D eigenvalue weighted by atomic mass is 10.2. The zero-order chi connectivity index (χ0) is 14.6. The Labute approximate surface area is 122 Å². The van der Waals surface area contributed by atoms with E-state index in [1.165, 1.54) is 0 Å². The van der Waals surface area contributed by atoms with Gasteiger partial charge >= 0.3 is 0 Å². The van der Waals surface area contributed by atoms with Crippen LogP contribution in [-0.4, -0.2) is 18.0 Å². The molecule has 0 bridgehead atoms. The lowest BCUT2D eigenvalue weighted by Crippen LogP contribution is -2.41. The molecule has 0 aromatic heterocycles. The fourth-order valence-electron chi connectivity index (χ4n) is 1.43. The van der Waals surface area contributed by atoms with Crippen molar-refractivity contribution in [3.63, 3.8) is 0 Å². The molecule has 2 atom stereocenters. The summed E-state index contributed by atoms with van der Waals surface area (Å²) in [4.78, 5) is 11.9. The molecule has 0 saturated heterocycles. The minimum Gasteiger partial charge on any atom is -0.371 e. The van der Waals surface area contributed by atoms with Crippen LogP contribution in [0.15, 0.2) is 12.1 Å². The maximum Gasteiger partial charge on any atom is 0.242 e. The van der Waals surface area contributed by atoms with Crippen LogP contribution in [0.25, 0.3) is 0 Å². The number of rotatable bonds is 5. The maximum atomic E-state index is 13.0. The minimum atomic E-state index is -0.519. The predicted octanol–water partition coefficient (Wildman–Crippen LogP) is 3.85. The van der Waals surface area contributed by atoms with E-state index in [-0.39, 0.29) is 22.0 Å². The largest absolute Gasteiger partial charge is 0.371 e. The summed E-state index contributed by atoms with van der Waals surface area (Å²) in [6.07, 6.45) is 0.844. The second-order valence-electron chi connectivity index (χ2n) is 4.43. The molecule has 1 amide bonds. The van der Waals surface area contributed by atoms with Crippen LogP contribution in [0.4, 0.5) is 10.1 Å². The molecule has 0 aliphatic carbocycles. The Hall–Kier alpha value is -1.00. The van der Waals surface area contributed by atoms with E-state index < -0.39 is 11.9 Å². The standard InChI is InChI=1S/C13H17Cl2FN2O/c1-4-7(2)17-13(19)8(3)18-12-10(14)5-9(16)6-11(12)15/h5-8,18H,4H2,1-3H3,(H,17,19). The topological polar surface area (TPSA) is 41.1 Å². The van der Waals surface area contributed by atoms with Crippen LogP contribution in [-0.2, 0) is 4.79 Å². The first-order chi connectivity index (χ1) is 8.85. The Morgan fingerprint density at radius 3 is 2.32 bits per heavy atom. The summed E-state index contributed by atoms with van der Waals surface area (Å²) >= 11 is 11.8. The van der Waals surface area contributed by atoms with Crippen LogP contribution in [0.1, 0.15) is 27.2 Å². The number of hydrogen-bond acceptors (Lipinski definition) is 2. The third-order valence-corrected chi connectivity index (χ3v) is 3.36. The highest BCUT2D eigenvalue weighted by molar-refractivity contribution is 6.39. The van der Waals surface area contributed by atoms with Crippen LogP contribution in [0.2, 0.25) is 10.0 Å². The highest BCUT2D eigenvalue weighted by Gasteiger charge is 2.17. The molecule has 6 heteroatoms. The number of halogens is 3. The van der Waals surface area contributed by atoms with E-state index in [0.717, 1.165) is 18.6 Å². The van der Waals surface area contributed by atoms with Crippen LogP contribution in [0, 0.1) is 5.82 Å². The lowest BCUT2D eigenvalue weighted by molar-refractivity contribution is -0.122. The predicted molar refractivity (Wildman–Crippen MR) is 77.4 cm³/mol. The second-order valence-corrected chi connectivity index (χ2v) is 5.24. The first-order valence-electron chi connectivity index (χ1n) is 6.06. The second kappa shape index (κ2) is 6.96. The minimum absolute atomic E-state index is 0.0934. The maximum absolute atomic E-state index is 13.0. The van der Waals surface area contributed by atoms with E-state index in [1.807, 2.05) is 13.8 Å². The number of amides is 1. The average molecular weight is 307 g/mol. The zero-order valence-electron chi connectivity index (χ0n) is 11.1. The third-order valence-electron chi connectivity index (χ3n) is 2.76. The van der Waals surface area contributed by atoms with Crippen LogP contribution in [0.5, 0.6) is 0 Å². The molecule has 0 saturated carbocycles. The van der Waals surface area contributed by atoms with E-state index >= 15 is 0 Å². The van der Waals surface area contributed by atoms with Crippen molar-refractivity contribution in [3.05, 3.63) is 28.0 Å². The Balaban J connectivity index is 2.77. The van der Waals surface area contributed by atoms with Crippen molar-refractivity contribution in [1.82, 2.24) is 5.32 Å². The molecule has 1 rings (SSSR count). The van der Waals surface area contributed by atoms with Gasteiger partial charge in [0.05, 0.1) is 15.7 Å². The molecule has 106 valence electrons. The van der Waals surface area contributed by atoms with Gasteiger partial charge in [0, 0.05) is 6.04 Å². The number of hydrogen-bond donors (Lipinski definition) is 2. The number of nitrogens with one attached hydrogen (secondary N) is 2. The number of anilines is 1. The van der Waals surface area contributed by atoms with Crippen molar-refractivity contribution in [2.24, 2.45) is 0 Å². The number of carbonyl (C=O) groups is 1. The summed E-state index contributed by atoms with van der Waals surface area (Å²) < 4.78 is 13.0. The fraction of sp³-hybridized carbons (Fsp3) is 0.462. The van der Waals surface area contributed by atoms with E-state index in [9.17, 15) is 9.18 Å². The van der Waals surface area contributed by atoms with Gasteiger partial charge in [-0.3, -0.25) is 4.79 Å². The van der Waals surface area contributed by atoms with E-state index in [1.54, 1.807) is 6.92 Å². The van der Waals surface area contributed by atoms with Crippen molar-refractivity contribution < 1.29 is 9.18 Å². The van der Waals surface area contributed by atoms with Crippen LogP contribution < -0.4 is 10.6 Å². The monoisotopic (exact) mass is 306 g/mol. The van der Waals surface area contributed by atoms with Crippen LogP contribution >= 0.6 is 23.2 Å². The summed E-state index contributed by atoms with van der Waals surface area (Å²) in [7, 11) is 0. The van der Waals surface area contributed by atoms with E-state index in [4.69, 9.17) is 23.2 Å². The highest BCUT2D eigenvalue weighted by atomic mass is 35.5. The van der Waals surface area contributed by atoms with Gasteiger partial charge in [0.25, 0.3) is 0 Å².